The Morgan fingerprint density at radius 1 is 0.796 bits per heavy atom. The highest BCUT2D eigenvalue weighted by molar-refractivity contribution is 7.25. The van der Waals surface area contributed by atoms with Crippen molar-refractivity contribution in [1.82, 2.24) is 14.5 Å². The first kappa shape index (κ1) is 29.8. The van der Waals surface area contributed by atoms with Gasteiger partial charge in [-0.3, -0.25) is 4.57 Å². The zero-order chi connectivity index (χ0) is 33.1. The molecule has 2 unspecified atom stereocenters. The molecule has 0 fully saturated rings. The molecule has 236 valence electrons. The number of aryl methyl sites for hydroxylation is 1. The molecule has 3 nitrogen and oxygen atoms in total. The van der Waals surface area contributed by atoms with Crippen LogP contribution >= 0.6 is 22.7 Å². The maximum absolute atomic E-state index is 5.57. The molecule has 0 aliphatic heterocycles. The first-order valence-electron chi connectivity index (χ1n) is 16.7. The Hall–Kier alpha value is -5.36. The van der Waals surface area contributed by atoms with Crippen LogP contribution in [0.5, 0.6) is 0 Å². The van der Waals surface area contributed by atoms with Crippen LogP contribution in [0.3, 0.4) is 0 Å². The van der Waals surface area contributed by atoms with Gasteiger partial charge in [-0.15, -0.1) is 22.7 Å². The molecule has 4 aromatic heterocycles. The fourth-order valence-electron chi connectivity index (χ4n) is 7.37. The molecular weight excluding hydrogens is 635 g/mol. The van der Waals surface area contributed by atoms with Crippen molar-refractivity contribution in [2.24, 2.45) is 11.8 Å². The maximum atomic E-state index is 5.57. The van der Waals surface area contributed by atoms with Gasteiger partial charge >= 0.3 is 0 Å². The van der Waals surface area contributed by atoms with Gasteiger partial charge in [0.15, 0.2) is 11.6 Å². The normalized spacial score (nSPS) is 17.4. The molecule has 0 bridgehead atoms. The molecule has 0 amide bonds. The summed E-state index contributed by atoms with van der Waals surface area (Å²) in [6.07, 6.45) is 23.9. The Bertz CT molecular complexity index is 2670. The van der Waals surface area contributed by atoms with Gasteiger partial charge in [0.1, 0.15) is 4.83 Å². The van der Waals surface area contributed by atoms with Crippen molar-refractivity contribution < 1.29 is 0 Å². The monoisotopic (exact) mass is 667 g/mol. The summed E-state index contributed by atoms with van der Waals surface area (Å²) in [5, 5.41) is 4.63. The average molecular weight is 668 g/mol. The lowest BCUT2D eigenvalue weighted by Gasteiger charge is -2.23. The van der Waals surface area contributed by atoms with Crippen LogP contribution < -0.4 is 0 Å². The van der Waals surface area contributed by atoms with Gasteiger partial charge in [-0.2, -0.15) is 0 Å². The summed E-state index contributed by atoms with van der Waals surface area (Å²) >= 11 is 3.58. The van der Waals surface area contributed by atoms with Crippen LogP contribution in [-0.2, 0) is 0 Å². The number of fused-ring (bicyclic) bond motifs is 6. The van der Waals surface area contributed by atoms with E-state index in [-0.39, 0.29) is 5.92 Å². The molecule has 4 heterocycles. The van der Waals surface area contributed by atoms with Gasteiger partial charge in [-0.25, -0.2) is 9.97 Å². The second kappa shape index (κ2) is 12.0. The number of thiophene rings is 2. The average Bonchev–Trinajstić information content (AvgIpc) is 3.79. The second-order valence-corrected chi connectivity index (χ2v) is 14.9. The number of nitrogens with zero attached hydrogens (tertiary/aromatic N) is 3. The highest BCUT2D eigenvalue weighted by atomic mass is 32.1. The molecule has 0 saturated carbocycles. The Balaban J connectivity index is 1.43. The summed E-state index contributed by atoms with van der Waals surface area (Å²) in [6, 6.07) is 26.1. The van der Waals surface area contributed by atoms with Crippen LogP contribution in [-0.4, -0.2) is 14.5 Å². The number of hydrogen-bond acceptors (Lipinski definition) is 4. The minimum atomic E-state index is 0.289. The van der Waals surface area contributed by atoms with E-state index in [0.717, 1.165) is 55.2 Å². The van der Waals surface area contributed by atoms with Crippen LogP contribution in [0.25, 0.3) is 69.5 Å². The molecule has 2 atom stereocenters. The Labute approximate surface area is 293 Å². The summed E-state index contributed by atoms with van der Waals surface area (Å²) < 4.78 is 4.88. The van der Waals surface area contributed by atoms with Gasteiger partial charge in [-0.05, 0) is 37.6 Å². The van der Waals surface area contributed by atoms with E-state index in [1.165, 1.54) is 30.6 Å². The zero-order valence-electron chi connectivity index (χ0n) is 27.3. The van der Waals surface area contributed by atoms with Crippen LogP contribution in [0.15, 0.2) is 146 Å². The van der Waals surface area contributed by atoms with E-state index in [9.17, 15) is 0 Å². The van der Waals surface area contributed by atoms with Gasteiger partial charge in [0.25, 0.3) is 0 Å². The molecule has 3 aromatic carbocycles. The highest BCUT2D eigenvalue weighted by Gasteiger charge is 2.28. The SMILES string of the molecule is C=C(/C=C\C=C/C)c1c(-c2c(C)sc3ccccc23)n(-c2nc(C3=CC4C=CC=CC4C=C3)nc3sc4ccccc4c23)c2ccccc12. The standard InChI is InChI=1S/C44H33N3S2/c1-4-5-6-15-27(2)38-32-18-9-12-21-35(32)47(41(38)39-28(3)48-36-22-13-10-19-33(36)39)43-40-34-20-11-14-23-37(34)49-44(40)46-42(45-43)31-25-24-29-16-7-8-17-30(29)26-31/h4-26,29-30H,2H2,1,3H3/b5-4-,15-6-. The van der Waals surface area contributed by atoms with Crippen LogP contribution in [0.4, 0.5) is 0 Å². The number of rotatable bonds is 6. The van der Waals surface area contributed by atoms with Crippen molar-refractivity contribution in [3.63, 3.8) is 0 Å². The molecule has 0 N–H and O–H groups in total. The number of aromatic nitrogens is 3. The molecule has 5 heteroatoms. The smallest absolute Gasteiger partial charge is 0.162 e. The molecule has 0 saturated heterocycles. The van der Waals surface area contributed by atoms with Gasteiger partial charge < -0.3 is 0 Å². The minimum Gasteiger partial charge on any atom is -0.292 e. The van der Waals surface area contributed by atoms with Crippen LogP contribution in [0.1, 0.15) is 23.2 Å². The van der Waals surface area contributed by atoms with Crippen LogP contribution in [0, 0.1) is 18.8 Å². The summed E-state index contributed by atoms with van der Waals surface area (Å²) in [6.45, 7) is 8.95. The lowest BCUT2D eigenvalue weighted by atomic mass is 9.83. The lowest BCUT2D eigenvalue weighted by molar-refractivity contribution is 0.662. The van der Waals surface area contributed by atoms with Crippen molar-refractivity contribution in [2.75, 3.05) is 0 Å². The summed E-state index contributed by atoms with van der Waals surface area (Å²) in [5.41, 5.74) is 6.56. The molecule has 9 rings (SSSR count). The Kier molecular flexibility index (Phi) is 7.26. The van der Waals surface area contributed by atoms with Crippen molar-refractivity contribution in [3.05, 3.63) is 162 Å². The van der Waals surface area contributed by atoms with E-state index in [0.29, 0.717) is 5.92 Å². The fraction of sp³-hybridized carbons (Fsp3) is 0.0909. The van der Waals surface area contributed by atoms with Gasteiger partial charge in [0.05, 0.1) is 16.6 Å². The predicted molar refractivity (Wildman–Crippen MR) is 213 cm³/mol. The topological polar surface area (TPSA) is 30.7 Å². The molecule has 0 spiro atoms. The van der Waals surface area contributed by atoms with E-state index in [2.05, 4.69) is 152 Å². The Morgan fingerprint density at radius 2 is 1.51 bits per heavy atom. The van der Waals surface area contributed by atoms with Gasteiger partial charge in [-0.1, -0.05) is 128 Å². The number of benzene rings is 3. The largest absolute Gasteiger partial charge is 0.292 e. The number of para-hydroxylation sites is 1. The lowest BCUT2D eigenvalue weighted by Crippen LogP contribution is -2.12. The van der Waals surface area contributed by atoms with E-state index < -0.39 is 0 Å². The minimum absolute atomic E-state index is 0.289. The summed E-state index contributed by atoms with van der Waals surface area (Å²) in [7, 11) is 0. The fourth-order valence-corrected chi connectivity index (χ4v) is 9.51. The molecule has 49 heavy (non-hydrogen) atoms. The van der Waals surface area contributed by atoms with E-state index >= 15 is 0 Å². The Morgan fingerprint density at radius 3 is 2.33 bits per heavy atom. The van der Waals surface area contributed by atoms with Crippen molar-refractivity contribution in [3.8, 4) is 17.1 Å². The quantitative estimate of drug-likeness (QED) is 0.165. The van der Waals surface area contributed by atoms with E-state index in [1.54, 1.807) is 11.3 Å². The van der Waals surface area contributed by atoms with Crippen molar-refractivity contribution >= 4 is 75.1 Å². The first-order valence-corrected chi connectivity index (χ1v) is 18.3. The van der Waals surface area contributed by atoms with Crippen LogP contribution in [0.2, 0.25) is 0 Å². The summed E-state index contributed by atoms with van der Waals surface area (Å²) in [4.78, 5) is 13.1. The number of allylic oxidation sites excluding steroid dienone is 13. The van der Waals surface area contributed by atoms with Crippen molar-refractivity contribution in [2.45, 2.75) is 13.8 Å². The second-order valence-electron chi connectivity index (χ2n) is 12.6. The third-order valence-electron chi connectivity index (χ3n) is 9.59. The van der Waals surface area contributed by atoms with Crippen molar-refractivity contribution in [1.29, 1.82) is 0 Å². The predicted octanol–water partition coefficient (Wildman–Crippen LogP) is 12.4. The molecule has 7 aromatic rings. The third kappa shape index (κ3) is 4.84. The highest BCUT2D eigenvalue weighted by Crippen LogP contribution is 2.48. The van der Waals surface area contributed by atoms with E-state index in [4.69, 9.17) is 9.97 Å². The molecule has 2 aliphatic carbocycles. The van der Waals surface area contributed by atoms with Gasteiger partial charge in [0.2, 0.25) is 0 Å². The summed E-state index contributed by atoms with van der Waals surface area (Å²) in [5.74, 6) is 2.29. The molecule has 0 radical (unpaired) electrons. The van der Waals surface area contributed by atoms with Gasteiger partial charge in [0, 0.05) is 59.0 Å². The first-order chi connectivity index (χ1) is 24.1. The zero-order valence-corrected chi connectivity index (χ0v) is 28.9. The maximum Gasteiger partial charge on any atom is 0.162 e. The third-order valence-corrected chi connectivity index (χ3v) is 11.7. The number of hydrogen-bond donors (Lipinski definition) is 0. The van der Waals surface area contributed by atoms with E-state index in [1.807, 2.05) is 24.3 Å². The molecular formula is C44H33N3S2. The molecule has 2 aliphatic rings.